The van der Waals surface area contributed by atoms with E-state index in [1.54, 1.807) is 17.0 Å². The van der Waals surface area contributed by atoms with Crippen molar-refractivity contribution >= 4 is 45.8 Å². The van der Waals surface area contributed by atoms with E-state index in [4.69, 9.17) is 4.74 Å². The number of imide groups is 1. The Morgan fingerprint density at radius 1 is 1.11 bits per heavy atom. The first kappa shape index (κ1) is 23.9. The number of ether oxygens (including phenoxy) is 1. The van der Waals surface area contributed by atoms with Crippen LogP contribution in [0, 0.1) is 18.3 Å². The molecule has 0 aliphatic carbocycles. The van der Waals surface area contributed by atoms with Gasteiger partial charge in [-0.1, -0.05) is 36.4 Å². The fourth-order valence-corrected chi connectivity index (χ4v) is 5.42. The molecule has 8 nitrogen and oxygen atoms in total. The molecule has 2 fully saturated rings. The number of nitriles is 1. The van der Waals surface area contributed by atoms with Gasteiger partial charge >= 0.3 is 0 Å². The lowest BCUT2D eigenvalue weighted by Gasteiger charge is -2.28. The molecule has 3 heterocycles. The Kier molecular flexibility index (Phi) is 6.63. The maximum Gasteiger partial charge on any atom is 0.294 e. The van der Waals surface area contributed by atoms with Crippen LogP contribution in [0.4, 0.5) is 4.79 Å². The average molecular weight is 501 g/mol. The van der Waals surface area contributed by atoms with Crippen molar-refractivity contribution in [2.24, 2.45) is 0 Å². The molecule has 36 heavy (non-hydrogen) atoms. The molecule has 0 bridgehead atoms. The van der Waals surface area contributed by atoms with Crippen LogP contribution in [0.1, 0.15) is 22.4 Å². The number of fused-ring (bicyclic) bond motifs is 1. The highest BCUT2D eigenvalue weighted by Gasteiger charge is 2.37. The number of hydrogen-bond acceptors (Lipinski definition) is 6. The van der Waals surface area contributed by atoms with Gasteiger partial charge in [-0.15, -0.1) is 0 Å². The summed E-state index contributed by atoms with van der Waals surface area (Å²) >= 11 is 0.853. The van der Waals surface area contributed by atoms with E-state index in [0.29, 0.717) is 43.3 Å². The monoisotopic (exact) mass is 500 g/mol. The quantitative estimate of drug-likeness (QED) is 0.495. The summed E-state index contributed by atoms with van der Waals surface area (Å²) in [6, 6.07) is 17.6. The van der Waals surface area contributed by atoms with Crippen molar-refractivity contribution in [2.75, 3.05) is 32.8 Å². The molecule has 0 atom stereocenters. The Bertz CT molecular complexity index is 1450. The van der Waals surface area contributed by atoms with Crippen molar-refractivity contribution in [2.45, 2.75) is 13.5 Å². The second-order valence-electron chi connectivity index (χ2n) is 8.63. The van der Waals surface area contributed by atoms with E-state index in [9.17, 15) is 19.6 Å². The molecule has 2 aliphatic heterocycles. The first-order valence-electron chi connectivity index (χ1n) is 11.6. The molecule has 3 amide bonds. The molecular formula is C27H24N4O4S. The SMILES string of the molecule is Cc1c(/C=C2/SC(=O)N(CC(=O)N3CCOCC3)C2=O)c2ccccc2n1Cc1ccccc1C#N. The first-order valence-corrected chi connectivity index (χ1v) is 12.5. The normalized spacial score (nSPS) is 17.3. The van der Waals surface area contributed by atoms with Crippen LogP contribution in [0.2, 0.25) is 0 Å². The van der Waals surface area contributed by atoms with Crippen molar-refractivity contribution in [3.63, 3.8) is 0 Å². The topological polar surface area (TPSA) is 95.6 Å². The van der Waals surface area contributed by atoms with Gasteiger partial charge in [-0.05, 0) is 42.5 Å². The van der Waals surface area contributed by atoms with Crippen LogP contribution in [-0.4, -0.2) is 64.3 Å². The molecule has 3 aromatic rings. The third-order valence-corrected chi connectivity index (χ3v) is 7.46. The highest BCUT2D eigenvalue weighted by molar-refractivity contribution is 8.18. The van der Waals surface area contributed by atoms with E-state index in [2.05, 4.69) is 10.6 Å². The van der Waals surface area contributed by atoms with Gasteiger partial charge < -0.3 is 14.2 Å². The Morgan fingerprint density at radius 2 is 1.83 bits per heavy atom. The van der Waals surface area contributed by atoms with Crippen LogP contribution in [0.3, 0.4) is 0 Å². The minimum absolute atomic E-state index is 0.259. The fraction of sp³-hybridized carbons (Fsp3) is 0.259. The van der Waals surface area contributed by atoms with Crippen molar-refractivity contribution in [3.8, 4) is 6.07 Å². The van der Waals surface area contributed by atoms with Crippen molar-refractivity contribution in [1.29, 1.82) is 5.26 Å². The van der Waals surface area contributed by atoms with Crippen molar-refractivity contribution in [1.82, 2.24) is 14.4 Å². The number of para-hydroxylation sites is 1. The van der Waals surface area contributed by atoms with E-state index in [-0.39, 0.29) is 12.5 Å². The number of nitrogens with zero attached hydrogens (tertiary/aromatic N) is 4. The van der Waals surface area contributed by atoms with E-state index >= 15 is 0 Å². The molecule has 0 N–H and O–H groups in total. The predicted molar refractivity (Wildman–Crippen MR) is 137 cm³/mol. The van der Waals surface area contributed by atoms with E-state index in [1.807, 2.05) is 49.4 Å². The van der Waals surface area contributed by atoms with Crippen molar-refractivity contribution in [3.05, 3.63) is 75.8 Å². The van der Waals surface area contributed by atoms with Crippen LogP contribution < -0.4 is 0 Å². The summed E-state index contributed by atoms with van der Waals surface area (Å²) in [5.74, 6) is -0.719. The number of rotatable bonds is 5. The van der Waals surface area contributed by atoms with Gasteiger partial charge in [-0.25, -0.2) is 0 Å². The zero-order valence-electron chi connectivity index (χ0n) is 19.8. The van der Waals surface area contributed by atoms with Crippen LogP contribution in [-0.2, 0) is 20.9 Å². The smallest absolute Gasteiger partial charge is 0.294 e. The number of amides is 3. The Morgan fingerprint density at radius 3 is 2.61 bits per heavy atom. The highest BCUT2D eigenvalue weighted by atomic mass is 32.2. The summed E-state index contributed by atoms with van der Waals surface area (Å²) < 4.78 is 7.39. The van der Waals surface area contributed by atoms with Gasteiger partial charge in [0.25, 0.3) is 11.1 Å². The standard InChI is InChI=1S/C27H24N4O4S/c1-18-22(14-24-26(33)31(27(34)36-24)17-25(32)29-10-12-35-13-11-29)21-8-4-5-9-23(21)30(18)16-20-7-3-2-6-19(20)15-28/h2-9,14H,10-13,16-17H2,1H3/b24-14+. The van der Waals surface area contributed by atoms with Gasteiger partial charge in [0, 0.05) is 41.8 Å². The van der Waals surface area contributed by atoms with Gasteiger partial charge in [0.05, 0.1) is 29.8 Å². The van der Waals surface area contributed by atoms with Gasteiger partial charge in [0.15, 0.2) is 0 Å². The molecule has 0 saturated carbocycles. The fourth-order valence-electron chi connectivity index (χ4n) is 4.60. The third-order valence-electron chi connectivity index (χ3n) is 6.55. The lowest BCUT2D eigenvalue weighted by atomic mass is 10.1. The zero-order valence-corrected chi connectivity index (χ0v) is 20.6. The molecule has 1 aromatic heterocycles. The summed E-state index contributed by atoms with van der Waals surface area (Å²) in [6.45, 7) is 4.02. The predicted octanol–water partition coefficient (Wildman–Crippen LogP) is 3.76. The number of thioether (sulfide) groups is 1. The minimum Gasteiger partial charge on any atom is -0.378 e. The summed E-state index contributed by atoms with van der Waals surface area (Å²) in [7, 11) is 0. The number of carbonyl (C=O) groups excluding carboxylic acids is 3. The number of carbonyl (C=O) groups is 3. The van der Waals surface area contributed by atoms with Gasteiger partial charge in [0.1, 0.15) is 6.54 Å². The van der Waals surface area contributed by atoms with Gasteiger partial charge in [0.2, 0.25) is 5.91 Å². The third kappa shape index (κ3) is 4.41. The molecule has 2 aromatic carbocycles. The van der Waals surface area contributed by atoms with Gasteiger partial charge in [-0.2, -0.15) is 5.26 Å². The molecule has 0 unspecified atom stereocenters. The van der Waals surface area contributed by atoms with Crippen LogP contribution >= 0.6 is 11.8 Å². The minimum atomic E-state index is -0.460. The van der Waals surface area contributed by atoms with E-state index in [0.717, 1.165) is 44.4 Å². The molecule has 2 saturated heterocycles. The number of aromatic nitrogens is 1. The molecule has 5 rings (SSSR count). The van der Waals surface area contributed by atoms with Crippen LogP contribution in [0.15, 0.2) is 53.4 Å². The average Bonchev–Trinajstić information content (AvgIpc) is 3.32. The maximum atomic E-state index is 13.1. The lowest BCUT2D eigenvalue weighted by molar-refractivity contribution is -0.139. The number of morpholine rings is 1. The van der Waals surface area contributed by atoms with Crippen LogP contribution in [0.5, 0.6) is 0 Å². The highest BCUT2D eigenvalue weighted by Crippen LogP contribution is 2.36. The molecule has 0 radical (unpaired) electrons. The summed E-state index contributed by atoms with van der Waals surface area (Å²) in [6.07, 6.45) is 1.74. The largest absolute Gasteiger partial charge is 0.378 e. The maximum absolute atomic E-state index is 13.1. The lowest BCUT2D eigenvalue weighted by Crippen LogP contribution is -2.46. The zero-order chi connectivity index (χ0) is 25.2. The number of benzene rings is 2. The Labute approximate surface area is 212 Å². The summed E-state index contributed by atoms with van der Waals surface area (Å²) in [5.41, 5.74) is 4.24. The molecule has 0 spiro atoms. The molecule has 2 aliphatic rings. The Hall–Kier alpha value is -3.87. The second kappa shape index (κ2) is 10.0. The summed E-state index contributed by atoms with van der Waals surface area (Å²) in [5, 5.41) is 10.0. The first-order chi connectivity index (χ1) is 17.5. The van der Waals surface area contributed by atoms with E-state index in [1.165, 1.54) is 0 Å². The molecule has 9 heteroatoms. The summed E-state index contributed by atoms with van der Waals surface area (Å²) in [4.78, 5) is 41.4. The molecule has 182 valence electrons. The second-order valence-corrected chi connectivity index (χ2v) is 9.63. The van der Waals surface area contributed by atoms with E-state index < -0.39 is 11.1 Å². The Balaban J connectivity index is 1.46. The molecular weight excluding hydrogens is 476 g/mol. The van der Waals surface area contributed by atoms with Gasteiger partial charge in [-0.3, -0.25) is 19.3 Å². The van der Waals surface area contributed by atoms with Crippen LogP contribution in [0.25, 0.3) is 17.0 Å². The van der Waals surface area contributed by atoms with Crippen molar-refractivity contribution < 1.29 is 19.1 Å². The number of hydrogen-bond donors (Lipinski definition) is 0.